The van der Waals surface area contributed by atoms with Crippen LogP contribution < -0.4 is 5.32 Å². The van der Waals surface area contributed by atoms with Gasteiger partial charge in [0.2, 0.25) is 5.91 Å². The summed E-state index contributed by atoms with van der Waals surface area (Å²) in [6, 6.07) is -1.19. The molecule has 0 aromatic rings. The first-order chi connectivity index (χ1) is 45.7. The lowest BCUT2D eigenvalue weighted by molar-refractivity contribution is -0.303. The van der Waals surface area contributed by atoms with Gasteiger partial charge in [0.1, 0.15) is 36.6 Å². The molecule has 11 nitrogen and oxygen atoms in total. The van der Waals surface area contributed by atoms with E-state index in [0.717, 1.165) is 44.9 Å². The summed E-state index contributed by atoms with van der Waals surface area (Å²) in [6.45, 7) is 3.50. The summed E-state index contributed by atoms with van der Waals surface area (Å²) in [5, 5.41) is 76.7. The van der Waals surface area contributed by atoms with Crippen LogP contribution >= 0.6 is 0 Å². The van der Waals surface area contributed by atoms with Crippen LogP contribution in [0.3, 0.4) is 0 Å². The standard InChI is InChI=1S/C82H155NO10/c1-3-5-7-9-11-13-15-17-19-21-23-25-27-29-31-33-34-35-36-37-38-39-40-41-42-44-46-48-50-52-54-56-58-60-62-64-66-68-70-75(86)81(91)83-73(72-92-82-80(90)79(89)78(88)76(71-84)93-82)77(87)74(85)69-67-65-63-61-59-57-55-53-51-49-47-45-43-32-30-28-26-24-22-20-18-16-14-12-10-8-6-4-2/h34-35,37-38,53,55,61,63,73-80,82,84-90H,3-33,36,39-52,54,56-60,62,64-72H2,1-2H3,(H,83,91)/b35-34-,38-37-,55-53+,63-61+. The summed E-state index contributed by atoms with van der Waals surface area (Å²) in [6.07, 6.45) is 82.4. The van der Waals surface area contributed by atoms with Crippen LogP contribution in [0.4, 0.5) is 0 Å². The number of amides is 1. The van der Waals surface area contributed by atoms with Crippen LogP contribution in [0, 0.1) is 0 Å². The Kier molecular flexibility index (Phi) is 67.0. The molecule has 0 bridgehead atoms. The minimum absolute atomic E-state index is 0.247. The molecular weight excluding hydrogens is 1160 g/mol. The smallest absolute Gasteiger partial charge is 0.249 e. The molecule has 0 aromatic heterocycles. The number of rotatable bonds is 72. The fourth-order valence-corrected chi connectivity index (χ4v) is 13.1. The van der Waals surface area contributed by atoms with Crippen molar-refractivity contribution in [2.45, 2.75) is 454 Å². The van der Waals surface area contributed by atoms with Crippen molar-refractivity contribution in [3.05, 3.63) is 48.6 Å². The number of carbonyl (C=O) groups excluding carboxylic acids is 1. The molecule has 1 rings (SSSR count). The Bertz CT molecular complexity index is 1660. The zero-order chi connectivity index (χ0) is 67.4. The van der Waals surface area contributed by atoms with E-state index in [9.17, 15) is 40.5 Å². The van der Waals surface area contributed by atoms with Gasteiger partial charge >= 0.3 is 0 Å². The number of aliphatic hydroxyl groups is 7. The summed E-state index contributed by atoms with van der Waals surface area (Å²) in [7, 11) is 0. The molecule has 9 atom stereocenters. The molecule has 1 saturated heterocycles. The van der Waals surface area contributed by atoms with E-state index in [4.69, 9.17) is 9.47 Å². The van der Waals surface area contributed by atoms with E-state index >= 15 is 0 Å². The molecule has 1 aliphatic rings. The number of aliphatic hydroxyl groups excluding tert-OH is 7. The molecular formula is C82H155NO10. The molecule has 1 amide bonds. The van der Waals surface area contributed by atoms with E-state index in [2.05, 4.69) is 67.8 Å². The molecule has 9 unspecified atom stereocenters. The van der Waals surface area contributed by atoms with Crippen molar-refractivity contribution in [3.63, 3.8) is 0 Å². The van der Waals surface area contributed by atoms with E-state index in [-0.39, 0.29) is 12.8 Å². The van der Waals surface area contributed by atoms with Crippen molar-refractivity contribution >= 4 is 5.91 Å². The first-order valence-corrected chi connectivity index (χ1v) is 40.5. The summed E-state index contributed by atoms with van der Waals surface area (Å²) in [5.74, 6) is -0.705. The third kappa shape index (κ3) is 56.6. The number of unbranched alkanes of at least 4 members (excludes halogenated alkanes) is 52. The molecule has 0 aromatic carbocycles. The topological polar surface area (TPSA) is 189 Å². The summed E-state index contributed by atoms with van der Waals surface area (Å²) in [4.78, 5) is 13.3. The highest BCUT2D eigenvalue weighted by molar-refractivity contribution is 5.80. The van der Waals surface area contributed by atoms with Crippen LogP contribution in [0.5, 0.6) is 0 Å². The lowest BCUT2D eigenvalue weighted by atomic mass is 9.98. The van der Waals surface area contributed by atoms with Crippen molar-refractivity contribution < 1.29 is 50.0 Å². The van der Waals surface area contributed by atoms with Crippen molar-refractivity contribution in [1.82, 2.24) is 5.32 Å². The first-order valence-electron chi connectivity index (χ1n) is 40.5. The maximum absolute atomic E-state index is 13.3. The zero-order valence-corrected chi connectivity index (χ0v) is 61.0. The van der Waals surface area contributed by atoms with Gasteiger partial charge < -0.3 is 50.5 Å². The minimum atomic E-state index is -1.67. The molecule has 548 valence electrons. The molecule has 0 aliphatic carbocycles. The average molecular weight is 1320 g/mol. The number of allylic oxidation sites excluding steroid dienone is 8. The Balaban J connectivity index is 2.14. The minimum Gasteiger partial charge on any atom is -0.394 e. The SMILES string of the molecule is CCCCCCCCCCCCCCCCC/C=C\C/C=C\CCCCCCCCCCCCCCCCCCC(O)C(=O)NC(COC1OC(CO)C(O)C(O)C1O)C(O)C(O)CCC/C=C/CC/C=C/CCCCCCCCCCCCCCCCCCCCC. The number of hydrogen-bond donors (Lipinski definition) is 8. The van der Waals surface area contributed by atoms with E-state index in [0.29, 0.717) is 19.3 Å². The molecule has 1 fully saturated rings. The number of ether oxygens (including phenoxy) is 2. The molecule has 0 radical (unpaired) electrons. The Morgan fingerprint density at radius 1 is 0.376 bits per heavy atom. The Morgan fingerprint density at radius 2 is 0.677 bits per heavy atom. The lowest BCUT2D eigenvalue weighted by Crippen LogP contribution is -2.60. The van der Waals surface area contributed by atoms with Gasteiger partial charge in [-0.3, -0.25) is 4.79 Å². The highest BCUT2D eigenvalue weighted by atomic mass is 16.7. The van der Waals surface area contributed by atoms with Gasteiger partial charge in [-0.05, 0) is 83.5 Å². The van der Waals surface area contributed by atoms with Crippen LogP contribution in [-0.4, -0.2) is 110 Å². The van der Waals surface area contributed by atoms with Gasteiger partial charge in [-0.1, -0.05) is 364 Å². The predicted octanol–water partition coefficient (Wildman–Crippen LogP) is 21.0. The first kappa shape index (κ1) is 89.1. The lowest BCUT2D eigenvalue weighted by Gasteiger charge is -2.40. The van der Waals surface area contributed by atoms with E-state index in [1.54, 1.807) is 0 Å². The molecule has 0 spiro atoms. The van der Waals surface area contributed by atoms with Gasteiger partial charge in [0.15, 0.2) is 6.29 Å². The van der Waals surface area contributed by atoms with Gasteiger partial charge in [-0.2, -0.15) is 0 Å². The van der Waals surface area contributed by atoms with Gasteiger partial charge in [0, 0.05) is 0 Å². The Labute approximate surface area is 574 Å². The molecule has 8 N–H and O–H groups in total. The van der Waals surface area contributed by atoms with E-state index in [1.165, 1.54) is 308 Å². The molecule has 0 saturated carbocycles. The monoisotopic (exact) mass is 1310 g/mol. The van der Waals surface area contributed by atoms with Crippen molar-refractivity contribution in [2.75, 3.05) is 13.2 Å². The van der Waals surface area contributed by atoms with Gasteiger partial charge in [-0.25, -0.2) is 0 Å². The number of hydrogen-bond acceptors (Lipinski definition) is 10. The molecule has 11 heteroatoms. The highest BCUT2D eigenvalue weighted by Crippen LogP contribution is 2.24. The third-order valence-corrected chi connectivity index (χ3v) is 19.6. The quantitative estimate of drug-likeness (QED) is 0.0215. The van der Waals surface area contributed by atoms with Crippen molar-refractivity contribution in [1.29, 1.82) is 0 Å². The third-order valence-electron chi connectivity index (χ3n) is 19.6. The van der Waals surface area contributed by atoms with E-state index < -0.39 is 74.2 Å². The van der Waals surface area contributed by atoms with Crippen molar-refractivity contribution in [3.8, 4) is 0 Å². The molecule has 93 heavy (non-hydrogen) atoms. The predicted molar refractivity (Wildman–Crippen MR) is 395 cm³/mol. The van der Waals surface area contributed by atoms with Crippen molar-refractivity contribution in [2.24, 2.45) is 0 Å². The number of nitrogens with one attached hydrogen (secondary N) is 1. The fraction of sp³-hybridized carbons (Fsp3) is 0.890. The maximum atomic E-state index is 13.3. The highest BCUT2D eigenvalue weighted by Gasteiger charge is 2.44. The van der Waals surface area contributed by atoms with Crippen LogP contribution in [0.2, 0.25) is 0 Å². The van der Waals surface area contributed by atoms with E-state index in [1.807, 2.05) is 0 Å². The Morgan fingerprint density at radius 3 is 1.02 bits per heavy atom. The normalized spacial score (nSPS) is 18.5. The molecule has 1 aliphatic heterocycles. The van der Waals surface area contributed by atoms with Crippen LogP contribution in [-0.2, 0) is 14.3 Å². The van der Waals surface area contributed by atoms with Crippen LogP contribution in [0.25, 0.3) is 0 Å². The maximum Gasteiger partial charge on any atom is 0.249 e. The average Bonchev–Trinajstić information content (AvgIpc) is 1.03. The van der Waals surface area contributed by atoms with Gasteiger partial charge in [-0.15, -0.1) is 0 Å². The largest absolute Gasteiger partial charge is 0.394 e. The summed E-state index contributed by atoms with van der Waals surface area (Å²) < 4.78 is 11.2. The second-order valence-electron chi connectivity index (χ2n) is 28.5. The number of carbonyl (C=O) groups is 1. The van der Waals surface area contributed by atoms with Crippen LogP contribution in [0.15, 0.2) is 48.6 Å². The van der Waals surface area contributed by atoms with Gasteiger partial charge in [0.25, 0.3) is 0 Å². The van der Waals surface area contributed by atoms with Crippen LogP contribution in [0.1, 0.15) is 399 Å². The van der Waals surface area contributed by atoms with Gasteiger partial charge in [0.05, 0.1) is 25.4 Å². The second-order valence-corrected chi connectivity index (χ2v) is 28.5. The fourth-order valence-electron chi connectivity index (χ4n) is 13.1. The zero-order valence-electron chi connectivity index (χ0n) is 61.0. The second kappa shape index (κ2) is 70.0. The summed E-state index contributed by atoms with van der Waals surface area (Å²) >= 11 is 0. The Hall–Kier alpha value is -1.93. The summed E-state index contributed by atoms with van der Waals surface area (Å²) in [5.41, 5.74) is 0. The molecule has 1 heterocycles.